The Hall–Kier alpha value is -3.20. The van der Waals surface area contributed by atoms with Crippen molar-refractivity contribution in [2.24, 2.45) is 0 Å². The van der Waals surface area contributed by atoms with E-state index < -0.39 is 28.0 Å². The third-order valence-electron chi connectivity index (χ3n) is 4.94. The number of hydrogen-bond donors (Lipinski definition) is 1. The molecular weight excluding hydrogens is 466 g/mol. The molecular formula is C24H22ClNO6S. The number of sulfonamides is 1. The van der Waals surface area contributed by atoms with Gasteiger partial charge >= 0.3 is 11.9 Å². The van der Waals surface area contributed by atoms with Gasteiger partial charge in [0.05, 0.1) is 16.5 Å². The van der Waals surface area contributed by atoms with Crippen molar-refractivity contribution in [3.05, 3.63) is 101 Å². The minimum absolute atomic E-state index is 0.0258. The number of rotatable bonds is 9. The Labute approximate surface area is 197 Å². The van der Waals surface area contributed by atoms with Gasteiger partial charge in [0.15, 0.2) is 0 Å². The second-order valence-electron chi connectivity index (χ2n) is 7.24. The summed E-state index contributed by atoms with van der Waals surface area (Å²) in [6.45, 7) is 0.982. The van der Waals surface area contributed by atoms with Crippen LogP contribution in [0.25, 0.3) is 0 Å². The average molecular weight is 488 g/mol. The molecule has 3 rings (SSSR count). The van der Waals surface area contributed by atoms with Crippen LogP contribution in [0.2, 0.25) is 5.02 Å². The molecule has 3 aromatic carbocycles. The summed E-state index contributed by atoms with van der Waals surface area (Å²) in [5, 5.41) is 9.54. The summed E-state index contributed by atoms with van der Waals surface area (Å²) in [7, 11) is -4.07. The fourth-order valence-electron chi connectivity index (χ4n) is 3.25. The number of carboxylic acids is 1. The van der Waals surface area contributed by atoms with Gasteiger partial charge in [-0.15, -0.1) is 0 Å². The van der Waals surface area contributed by atoms with Gasteiger partial charge in [-0.2, -0.15) is 4.31 Å². The normalized spacial score (nSPS) is 12.3. The van der Waals surface area contributed by atoms with Crippen LogP contribution in [0.3, 0.4) is 0 Å². The Bertz CT molecular complexity index is 1210. The van der Waals surface area contributed by atoms with E-state index in [-0.39, 0.29) is 23.6 Å². The summed E-state index contributed by atoms with van der Waals surface area (Å²) in [5.74, 6) is -1.62. The summed E-state index contributed by atoms with van der Waals surface area (Å²) in [4.78, 5) is 22.8. The first-order chi connectivity index (χ1) is 15.7. The van der Waals surface area contributed by atoms with E-state index in [1.807, 2.05) is 0 Å². The van der Waals surface area contributed by atoms with Crippen molar-refractivity contribution >= 4 is 33.6 Å². The summed E-state index contributed by atoms with van der Waals surface area (Å²) in [5.41, 5.74) is 1.30. The van der Waals surface area contributed by atoms with Crippen LogP contribution in [0.15, 0.2) is 83.8 Å². The third-order valence-corrected chi connectivity index (χ3v) is 7.06. The maximum atomic E-state index is 13.7. The van der Waals surface area contributed by atoms with Crippen molar-refractivity contribution < 1.29 is 27.9 Å². The molecule has 0 saturated carbocycles. The fourth-order valence-corrected chi connectivity index (χ4v) is 4.97. The van der Waals surface area contributed by atoms with Crippen LogP contribution in [0, 0.1) is 0 Å². The topological polar surface area (TPSA) is 101 Å². The van der Waals surface area contributed by atoms with Crippen molar-refractivity contribution in [1.29, 1.82) is 0 Å². The lowest BCUT2D eigenvalue weighted by Gasteiger charge is -2.31. The summed E-state index contributed by atoms with van der Waals surface area (Å²) in [6.07, 6.45) is 0. The molecule has 0 radical (unpaired) electrons. The maximum Gasteiger partial charge on any atom is 0.335 e. The number of carboxylic acid groups (broad SMARTS) is 1. The van der Waals surface area contributed by atoms with E-state index in [1.165, 1.54) is 47.6 Å². The highest BCUT2D eigenvalue weighted by atomic mass is 35.5. The molecule has 0 aliphatic carbocycles. The maximum absolute atomic E-state index is 13.7. The second-order valence-corrected chi connectivity index (χ2v) is 9.56. The number of ether oxygens (including phenoxy) is 1. The average Bonchev–Trinajstić information content (AvgIpc) is 2.79. The second kappa shape index (κ2) is 10.6. The third kappa shape index (κ3) is 6.19. The highest BCUT2D eigenvalue weighted by Gasteiger charge is 2.33. The molecule has 0 spiro atoms. The Kier molecular flexibility index (Phi) is 7.86. The molecule has 172 valence electrons. The lowest BCUT2D eigenvalue weighted by molar-refractivity contribution is -0.142. The molecule has 0 aromatic heterocycles. The summed E-state index contributed by atoms with van der Waals surface area (Å²) in [6, 6.07) is 19.7. The molecule has 0 aliphatic rings. The number of aromatic carboxylic acids is 1. The van der Waals surface area contributed by atoms with Crippen LogP contribution in [0.4, 0.5) is 0 Å². The Morgan fingerprint density at radius 3 is 2.12 bits per heavy atom. The van der Waals surface area contributed by atoms with E-state index in [2.05, 4.69) is 0 Å². The predicted molar refractivity (Wildman–Crippen MR) is 123 cm³/mol. The molecule has 1 unspecified atom stereocenters. The van der Waals surface area contributed by atoms with E-state index in [9.17, 15) is 18.0 Å². The quantitative estimate of drug-likeness (QED) is 0.445. The van der Waals surface area contributed by atoms with Crippen molar-refractivity contribution in [1.82, 2.24) is 4.31 Å². The van der Waals surface area contributed by atoms with E-state index in [4.69, 9.17) is 21.4 Å². The van der Waals surface area contributed by atoms with Crippen LogP contribution in [0.5, 0.6) is 0 Å². The fraction of sp³-hybridized carbons (Fsp3) is 0.167. The Morgan fingerprint density at radius 1 is 0.970 bits per heavy atom. The molecule has 7 nitrogen and oxygen atoms in total. The van der Waals surface area contributed by atoms with Crippen molar-refractivity contribution in [3.8, 4) is 0 Å². The first-order valence-corrected chi connectivity index (χ1v) is 11.8. The zero-order chi connectivity index (χ0) is 24.0. The van der Waals surface area contributed by atoms with Crippen LogP contribution in [-0.4, -0.2) is 36.4 Å². The molecule has 0 aliphatic heterocycles. The van der Waals surface area contributed by atoms with E-state index in [0.29, 0.717) is 16.1 Å². The van der Waals surface area contributed by atoms with E-state index in [0.717, 1.165) is 0 Å². The van der Waals surface area contributed by atoms with Gasteiger partial charge in [0.1, 0.15) is 6.61 Å². The largest absolute Gasteiger partial charge is 0.478 e. The number of benzene rings is 3. The van der Waals surface area contributed by atoms with Gasteiger partial charge in [-0.3, -0.25) is 4.79 Å². The van der Waals surface area contributed by atoms with Gasteiger partial charge in [0.2, 0.25) is 10.0 Å². The van der Waals surface area contributed by atoms with Gasteiger partial charge in [-0.25, -0.2) is 13.2 Å². The number of esters is 1. The highest BCUT2D eigenvalue weighted by molar-refractivity contribution is 7.89. The molecule has 0 amide bonds. The number of nitrogens with zero attached hydrogens (tertiary/aromatic N) is 1. The minimum Gasteiger partial charge on any atom is -0.478 e. The molecule has 0 bridgehead atoms. The van der Waals surface area contributed by atoms with Crippen LogP contribution in [0.1, 0.15) is 34.5 Å². The van der Waals surface area contributed by atoms with E-state index >= 15 is 0 Å². The number of carbonyl (C=O) groups is 2. The lowest BCUT2D eigenvalue weighted by Crippen LogP contribution is -2.37. The number of halogens is 1. The molecule has 1 N–H and O–H groups in total. The van der Waals surface area contributed by atoms with Crippen LogP contribution >= 0.6 is 11.6 Å². The molecule has 3 aromatic rings. The standard InChI is InChI=1S/C24H22ClNO6S/c1-17(27)32-16-23(19-5-3-2-4-6-19)26(15-18-7-9-20(10-8-18)24(28)29)33(30,31)22-13-11-21(25)12-14-22/h2-14,23H,15-16H2,1H3,(H,28,29). The number of hydrogen-bond acceptors (Lipinski definition) is 5. The molecule has 0 heterocycles. The summed E-state index contributed by atoms with van der Waals surface area (Å²) >= 11 is 5.94. The van der Waals surface area contributed by atoms with Crippen molar-refractivity contribution in [3.63, 3.8) is 0 Å². The SMILES string of the molecule is CC(=O)OCC(c1ccccc1)N(Cc1ccc(C(=O)O)cc1)S(=O)(=O)c1ccc(Cl)cc1. The zero-order valence-electron chi connectivity index (χ0n) is 17.7. The minimum atomic E-state index is -4.07. The van der Waals surface area contributed by atoms with E-state index in [1.54, 1.807) is 42.5 Å². The van der Waals surface area contributed by atoms with Gasteiger partial charge in [0, 0.05) is 18.5 Å². The molecule has 33 heavy (non-hydrogen) atoms. The molecule has 1 atom stereocenters. The van der Waals surface area contributed by atoms with Crippen LogP contribution in [-0.2, 0) is 26.1 Å². The van der Waals surface area contributed by atoms with Gasteiger partial charge in [0.25, 0.3) is 0 Å². The monoisotopic (exact) mass is 487 g/mol. The first-order valence-electron chi connectivity index (χ1n) is 9.96. The van der Waals surface area contributed by atoms with Crippen molar-refractivity contribution in [2.75, 3.05) is 6.61 Å². The zero-order valence-corrected chi connectivity index (χ0v) is 19.3. The summed E-state index contributed by atoms with van der Waals surface area (Å²) < 4.78 is 33.9. The van der Waals surface area contributed by atoms with Crippen LogP contribution < -0.4 is 0 Å². The highest BCUT2D eigenvalue weighted by Crippen LogP contribution is 2.31. The lowest BCUT2D eigenvalue weighted by atomic mass is 10.1. The Morgan fingerprint density at radius 2 is 1.58 bits per heavy atom. The van der Waals surface area contributed by atoms with Crippen molar-refractivity contribution in [2.45, 2.75) is 24.4 Å². The van der Waals surface area contributed by atoms with Gasteiger partial charge in [-0.1, -0.05) is 54.1 Å². The predicted octanol–water partition coefficient (Wildman–Crippen LogP) is 4.53. The Balaban J connectivity index is 2.09. The smallest absolute Gasteiger partial charge is 0.335 e. The molecule has 0 saturated heterocycles. The first kappa shape index (κ1) is 24.4. The van der Waals surface area contributed by atoms with Gasteiger partial charge < -0.3 is 9.84 Å². The number of carbonyl (C=O) groups excluding carboxylic acids is 1. The molecule has 0 fully saturated rings. The molecule has 9 heteroatoms. The van der Waals surface area contributed by atoms with Gasteiger partial charge in [-0.05, 0) is 47.5 Å².